The SMILES string of the molecule is O=C([AsH][C@@H](Cc1ccc(-c2ccccc2)cc1)C(=O)O)c1ccc(-c2ccc(C(F)(F)F)cc2)cc1. The predicted molar refractivity (Wildman–Crippen MR) is 135 cm³/mol. The van der Waals surface area contributed by atoms with Crippen LogP contribution >= 0.6 is 0 Å². The average Bonchev–Trinajstić information content (AvgIpc) is 2.89. The van der Waals surface area contributed by atoms with E-state index >= 15 is 0 Å². The molecule has 0 amide bonds. The summed E-state index contributed by atoms with van der Waals surface area (Å²) in [5.74, 6) is -0.989. The number of aliphatic carboxylic acids is 1. The van der Waals surface area contributed by atoms with Gasteiger partial charge >= 0.3 is 214 Å². The van der Waals surface area contributed by atoms with Crippen LogP contribution in [-0.2, 0) is 17.4 Å². The van der Waals surface area contributed by atoms with Crippen molar-refractivity contribution in [2.24, 2.45) is 0 Å². The van der Waals surface area contributed by atoms with Gasteiger partial charge in [-0.05, 0) is 0 Å². The molecule has 0 saturated carbocycles. The summed E-state index contributed by atoms with van der Waals surface area (Å²) < 4.78 is 37.4. The number of hydrogen-bond donors (Lipinski definition) is 1. The van der Waals surface area contributed by atoms with Gasteiger partial charge in [-0.25, -0.2) is 0 Å². The van der Waals surface area contributed by atoms with Crippen molar-refractivity contribution in [1.29, 1.82) is 0 Å². The van der Waals surface area contributed by atoms with Crippen molar-refractivity contribution in [3.05, 3.63) is 120 Å². The average molecular weight is 550 g/mol. The molecule has 0 spiro atoms. The standard InChI is InChI=1S/C29H22AsF3O3/c31-29(32,33)25-16-14-23(15-17-25)22-10-12-24(13-11-22)27(34)30-26(28(35)36)18-19-6-8-21(9-7-19)20-4-2-1-3-5-20/h1-17,26,30H,18H2,(H,35,36)/t26-/m0/s1. The number of hydrogen-bond acceptors (Lipinski definition) is 2. The second kappa shape index (κ2) is 11.0. The molecule has 36 heavy (non-hydrogen) atoms. The van der Waals surface area contributed by atoms with Crippen LogP contribution in [0, 0.1) is 0 Å². The van der Waals surface area contributed by atoms with E-state index in [1.165, 1.54) is 12.1 Å². The van der Waals surface area contributed by atoms with Crippen LogP contribution in [0.1, 0.15) is 21.5 Å². The quantitative estimate of drug-likeness (QED) is 0.248. The molecule has 1 unspecified atom stereocenters. The van der Waals surface area contributed by atoms with Crippen LogP contribution in [0.3, 0.4) is 0 Å². The molecule has 0 fully saturated rings. The molecule has 0 radical (unpaired) electrons. The van der Waals surface area contributed by atoms with Gasteiger partial charge in [0.1, 0.15) is 0 Å². The van der Waals surface area contributed by atoms with Crippen molar-refractivity contribution in [1.82, 2.24) is 0 Å². The Morgan fingerprint density at radius 3 is 1.67 bits per heavy atom. The summed E-state index contributed by atoms with van der Waals surface area (Å²) in [6.45, 7) is 0. The predicted octanol–water partition coefficient (Wildman–Crippen LogP) is 6.73. The Bertz CT molecular complexity index is 1330. The van der Waals surface area contributed by atoms with Gasteiger partial charge in [-0.2, -0.15) is 0 Å². The monoisotopic (exact) mass is 550 g/mol. The Labute approximate surface area is 213 Å². The first-order valence-corrected chi connectivity index (χ1v) is 13.4. The van der Waals surface area contributed by atoms with Crippen LogP contribution in [0.15, 0.2) is 103 Å². The molecule has 0 aliphatic carbocycles. The molecule has 0 aliphatic rings. The third-order valence-corrected chi connectivity index (χ3v) is 8.63. The Hall–Kier alpha value is -3.63. The van der Waals surface area contributed by atoms with Crippen LogP contribution in [0.4, 0.5) is 13.2 Å². The second-order valence-corrected chi connectivity index (χ2v) is 11.3. The van der Waals surface area contributed by atoms with Gasteiger partial charge < -0.3 is 0 Å². The molecular formula is C29H22AsF3O3. The summed E-state index contributed by atoms with van der Waals surface area (Å²) in [6.07, 6.45) is -4.12. The number of benzene rings is 4. The van der Waals surface area contributed by atoms with E-state index in [1.54, 1.807) is 24.3 Å². The van der Waals surface area contributed by atoms with Crippen molar-refractivity contribution in [2.75, 3.05) is 0 Å². The van der Waals surface area contributed by atoms with Crippen LogP contribution in [0.2, 0.25) is 4.71 Å². The zero-order valence-corrected chi connectivity index (χ0v) is 21.1. The minimum absolute atomic E-state index is 0.178. The van der Waals surface area contributed by atoms with E-state index in [2.05, 4.69) is 0 Å². The summed E-state index contributed by atoms with van der Waals surface area (Å²) in [4.78, 5) is 24.8. The van der Waals surface area contributed by atoms with E-state index < -0.39 is 38.2 Å². The van der Waals surface area contributed by atoms with Gasteiger partial charge in [0.25, 0.3) is 0 Å². The molecule has 4 aromatic carbocycles. The topological polar surface area (TPSA) is 54.4 Å². The molecule has 0 aromatic heterocycles. The van der Waals surface area contributed by atoms with E-state index in [0.29, 0.717) is 16.7 Å². The summed E-state index contributed by atoms with van der Waals surface area (Å²) in [5.41, 5.74) is 3.92. The molecule has 4 aromatic rings. The number of carboxylic acids is 1. The van der Waals surface area contributed by atoms with E-state index in [0.717, 1.165) is 28.8 Å². The van der Waals surface area contributed by atoms with Crippen molar-refractivity contribution >= 4 is 26.3 Å². The normalized spacial score (nSPS) is 12.5. The molecule has 0 heterocycles. The number of halogens is 3. The Morgan fingerprint density at radius 2 is 1.17 bits per heavy atom. The van der Waals surface area contributed by atoms with Gasteiger partial charge in [0, 0.05) is 0 Å². The summed E-state index contributed by atoms with van der Waals surface area (Å²) in [6, 6.07) is 28.9. The molecule has 1 N–H and O–H groups in total. The first-order valence-electron chi connectivity index (χ1n) is 11.2. The third-order valence-electron chi connectivity index (χ3n) is 5.80. The van der Waals surface area contributed by atoms with Crippen molar-refractivity contribution in [3.8, 4) is 22.3 Å². The molecule has 3 nitrogen and oxygen atoms in total. The summed E-state index contributed by atoms with van der Waals surface area (Å²) >= 11 is -1.51. The molecule has 182 valence electrons. The van der Waals surface area contributed by atoms with Gasteiger partial charge in [0.15, 0.2) is 0 Å². The number of carboxylic acid groups (broad SMARTS) is 1. The van der Waals surface area contributed by atoms with Crippen LogP contribution in [-0.4, -0.2) is 31.4 Å². The maximum atomic E-state index is 12.9. The molecule has 0 saturated heterocycles. The zero-order chi connectivity index (χ0) is 25.7. The van der Waals surface area contributed by atoms with Crippen LogP contribution < -0.4 is 0 Å². The Kier molecular flexibility index (Phi) is 7.75. The zero-order valence-electron chi connectivity index (χ0n) is 19.0. The van der Waals surface area contributed by atoms with Gasteiger partial charge in [0.05, 0.1) is 0 Å². The first kappa shape index (κ1) is 25.5. The van der Waals surface area contributed by atoms with Crippen LogP contribution in [0.25, 0.3) is 22.3 Å². The molecule has 0 bridgehead atoms. The molecule has 4 rings (SSSR count). The number of carbonyl (C=O) groups excluding carboxylic acids is 1. The van der Waals surface area contributed by atoms with Crippen molar-refractivity contribution in [2.45, 2.75) is 17.3 Å². The van der Waals surface area contributed by atoms with Crippen LogP contribution in [0.5, 0.6) is 0 Å². The maximum absolute atomic E-state index is 12.9. The van der Waals surface area contributed by atoms with Gasteiger partial charge in [0.2, 0.25) is 0 Å². The third kappa shape index (κ3) is 6.32. The minimum atomic E-state index is -4.40. The fourth-order valence-electron chi connectivity index (χ4n) is 3.81. The molecular weight excluding hydrogens is 528 g/mol. The fraction of sp³-hybridized carbons (Fsp3) is 0.103. The molecule has 2 atom stereocenters. The second-order valence-electron chi connectivity index (χ2n) is 8.28. The van der Waals surface area contributed by atoms with Gasteiger partial charge in [-0.15, -0.1) is 0 Å². The molecule has 0 aliphatic heterocycles. The van der Waals surface area contributed by atoms with Gasteiger partial charge in [-0.1, -0.05) is 0 Å². The van der Waals surface area contributed by atoms with E-state index in [9.17, 15) is 27.9 Å². The van der Waals surface area contributed by atoms with Crippen molar-refractivity contribution in [3.63, 3.8) is 0 Å². The van der Waals surface area contributed by atoms with Gasteiger partial charge in [-0.3, -0.25) is 0 Å². The number of rotatable bonds is 8. The van der Waals surface area contributed by atoms with E-state index in [4.69, 9.17) is 0 Å². The van der Waals surface area contributed by atoms with Crippen molar-refractivity contribution < 1.29 is 27.9 Å². The Balaban J connectivity index is 1.42. The first-order chi connectivity index (χ1) is 17.2. The Morgan fingerprint density at radius 1 is 0.694 bits per heavy atom. The molecule has 7 heteroatoms. The summed E-state index contributed by atoms with van der Waals surface area (Å²) in [7, 11) is 0. The number of carbonyl (C=O) groups is 2. The fourth-order valence-corrected chi connectivity index (χ4v) is 6.14. The summed E-state index contributed by atoms with van der Waals surface area (Å²) in [5, 5.41) is 9.73. The number of alkyl halides is 3. The van der Waals surface area contributed by atoms with E-state index in [1.807, 2.05) is 54.6 Å². The van der Waals surface area contributed by atoms with E-state index in [-0.39, 0.29) is 11.0 Å².